The average molecular weight is 575 g/mol. The van der Waals surface area contributed by atoms with Crippen molar-refractivity contribution in [1.29, 1.82) is 0 Å². The second-order valence-corrected chi connectivity index (χ2v) is 8.74. The molecule has 1 aliphatic rings. The Labute approximate surface area is 214 Å². The van der Waals surface area contributed by atoms with Crippen LogP contribution in [0.3, 0.4) is 0 Å². The van der Waals surface area contributed by atoms with Crippen LogP contribution in [-0.4, -0.2) is 72.5 Å². The van der Waals surface area contributed by atoms with Crippen LogP contribution < -0.4 is 5.32 Å². The molecule has 0 bridgehead atoms. The predicted molar refractivity (Wildman–Crippen MR) is 142 cm³/mol. The van der Waals surface area contributed by atoms with Crippen molar-refractivity contribution in [1.82, 2.24) is 24.9 Å². The van der Waals surface area contributed by atoms with Gasteiger partial charge < -0.3 is 15.0 Å². The topological polar surface area (TPSA) is 57.9 Å². The number of nitrogens with zero attached hydrogens (tertiary/aromatic N) is 5. The predicted octanol–water partition coefficient (Wildman–Crippen LogP) is 3.90. The molecule has 2 aromatic rings. The number of hydrogen-bond donors (Lipinski definition) is 1. The molecule has 0 saturated carbocycles. The summed E-state index contributed by atoms with van der Waals surface area (Å²) in [6.45, 7) is 9.08. The molecule has 1 aliphatic heterocycles. The zero-order chi connectivity index (χ0) is 22.4. The van der Waals surface area contributed by atoms with Crippen LogP contribution in [0, 0.1) is 0 Å². The fourth-order valence-corrected chi connectivity index (χ4v) is 4.40. The number of rotatable bonds is 7. The Hall–Kier alpha value is -1.36. The van der Waals surface area contributed by atoms with Crippen molar-refractivity contribution < 1.29 is 4.74 Å². The third kappa shape index (κ3) is 6.82. The smallest absolute Gasteiger partial charge is 0.193 e. The van der Waals surface area contributed by atoms with Crippen molar-refractivity contribution in [3.05, 3.63) is 52.3 Å². The highest BCUT2D eigenvalue weighted by Gasteiger charge is 2.25. The molecule has 1 fully saturated rings. The van der Waals surface area contributed by atoms with Gasteiger partial charge in [0.15, 0.2) is 5.96 Å². The van der Waals surface area contributed by atoms with E-state index in [9.17, 15) is 0 Å². The Morgan fingerprint density at radius 3 is 2.59 bits per heavy atom. The van der Waals surface area contributed by atoms with E-state index in [1.165, 1.54) is 5.56 Å². The number of hydrogen-bond acceptors (Lipinski definition) is 4. The summed E-state index contributed by atoms with van der Waals surface area (Å²) in [5, 5.41) is 9.00. The zero-order valence-electron chi connectivity index (χ0n) is 19.7. The molecular weight excluding hydrogens is 539 g/mol. The van der Waals surface area contributed by atoms with E-state index in [0.717, 1.165) is 55.1 Å². The minimum Gasteiger partial charge on any atom is -0.379 e. The van der Waals surface area contributed by atoms with Gasteiger partial charge in [0.1, 0.15) is 0 Å². The molecule has 7 nitrogen and oxygen atoms in total. The lowest BCUT2D eigenvalue weighted by atomic mass is 10.0. The lowest BCUT2D eigenvalue weighted by Crippen LogP contribution is -2.46. The quantitative estimate of drug-likeness (QED) is 0.309. The third-order valence-corrected chi connectivity index (χ3v) is 6.01. The van der Waals surface area contributed by atoms with E-state index in [1.807, 2.05) is 37.0 Å². The van der Waals surface area contributed by atoms with Crippen LogP contribution in [0.1, 0.15) is 42.6 Å². The first-order valence-electron chi connectivity index (χ1n) is 10.9. The fourth-order valence-electron chi connectivity index (χ4n) is 4.14. The molecule has 0 radical (unpaired) electrons. The molecule has 0 spiro atoms. The summed E-state index contributed by atoms with van der Waals surface area (Å²) in [4.78, 5) is 9.10. The summed E-state index contributed by atoms with van der Waals surface area (Å²) in [5.41, 5.74) is 3.48. The lowest BCUT2D eigenvalue weighted by Gasteiger charge is -2.36. The number of aliphatic imine (C=N–C) groups is 1. The molecule has 1 unspecified atom stereocenters. The van der Waals surface area contributed by atoms with E-state index >= 15 is 0 Å². The van der Waals surface area contributed by atoms with Gasteiger partial charge >= 0.3 is 0 Å². The first-order chi connectivity index (χ1) is 14.9. The molecular formula is C23H36ClIN6O. The fraction of sp³-hybridized carbons (Fsp3) is 0.565. The third-order valence-electron chi connectivity index (χ3n) is 5.67. The molecule has 2 heterocycles. The second-order valence-electron chi connectivity index (χ2n) is 8.34. The second kappa shape index (κ2) is 12.8. The summed E-state index contributed by atoms with van der Waals surface area (Å²) >= 11 is 6.57. The van der Waals surface area contributed by atoms with E-state index in [2.05, 4.69) is 58.4 Å². The van der Waals surface area contributed by atoms with Gasteiger partial charge in [0, 0.05) is 64.1 Å². The van der Waals surface area contributed by atoms with Gasteiger partial charge in [-0.2, -0.15) is 5.10 Å². The van der Waals surface area contributed by atoms with E-state index in [0.29, 0.717) is 12.5 Å². The highest BCUT2D eigenvalue weighted by Crippen LogP contribution is 2.28. The minimum absolute atomic E-state index is 0. The number of aromatic nitrogens is 2. The molecule has 9 heteroatoms. The largest absolute Gasteiger partial charge is 0.379 e. The Bertz CT molecular complexity index is 881. The number of halogens is 2. The van der Waals surface area contributed by atoms with E-state index in [4.69, 9.17) is 16.3 Å². The Morgan fingerprint density at radius 2 is 1.97 bits per heavy atom. The van der Waals surface area contributed by atoms with Crippen molar-refractivity contribution in [3.63, 3.8) is 0 Å². The van der Waals surface area contributed by atoms with Crippen molar-refractivity contribution in [2.75, 3.05) is 46.9 Å². The Balaban J connectivity index is 0.00000363. The maximum absolute atomic E-state index is 6.57. The monoisotopic (exact) mass is 574 g/mol. The molecule has 1 atom stereocenters. The lowest BCUT2D eigenvalue weighted by molar-refractivity contribution is 0.0169. The summed E-state index contributed by atoms with van der Waals surface area (Å²) < 4.78 is 7.45. The van der Waals surface area contributed by atoms with Gasteiger partial charge in [-0.15, -0.1) is 24.0 Å². The summed E-state index contributed by atoms with van der Waals surface area (Å²) in [5.74, 6) is 1.23. The minimum atomic E-state index is 0. The van der Waals surface area contributed by atoms with Crippen LogP contribution in [-0.2, 0) is 18.3 Å². The standard InChI is InChI=1S/C23H35ClN6O.HI/c1-17(2)22-18(16-29(5)27-22)15-28(4)23(25-3)26-14-21(30-10-12-31-13-11-30)19-8-6-7-9-20(19)24;/h6-9,16-17,21H,10-15H2,1-5H3,(H,25,26);1H. The van der Waals surface area contributed by atoms with Gasteiger partial charge in [-0.1, -0.05) is 43.6 Å². The van der Waals surface area contributed by atoms with Crippen LogP contribution in [0.5, 0.6) is 0 Å². The number of benzene rings is 1. The Kier molecular flexibility index (Phi) is 10.7. The van der Waals surface area contributed by atoms with Crippen LogP contribution >= 0.6 is 35.6 Å². The molecule has 1 aromatic carbocycles. The van der Waals surface area contributed by atoms with Gasteiger partial charge in [-0.3, -0.25) is 14.6 Å². The maximum Gasteiger partial charge on any atom is 0.193 e. The van der Waals surface area contributed by atoms with E-state index < -0.39 is 0 Å². The van der Waals surface area contributed by atoms with Crippen molar-refractivity contribution >= 4 is 41.5 Å². The van der Waals surface area contributed by atoms with Crippen LogP contribution in [0.4, 0.5) is 0 Å². The van der Waals surface area contributed by atoms with Crippen LogP contribution in [0.25, 0.3) is 0 Å². The van der Waals surface area contributed by atoms with Gasteiger partial charge in [0.2, 0.25) is 0 Å². The van der Waals surface area contributed by atoms with Crippen LogP contribution in [0.2, 0.25) is 5.02 Å². The summed E-state index contributed by atoms with van der Waals surface area (Å²) in [6.07, 6.45) is 2.10. The summed E-state index contributed by atoms with van der Waals surface area (Å²) in [6, 6.07) is 8.24. The van der Waals surface area contributed by atoms with E-state index in [-0.39, 0.29) is 30.0 Å². The van der Waals surface area contributed by atoms with Crippen molar-refractivity contribution in [2.24, 2.45) is 12.0 Å². The molecule has 32 heavy (non-hydrogen) atoms. The van der Waals surface area contributed by atoms with E-state index in [1.54, 1.807) is 0 Å². The number of aryl methyl sites for hydroxylation is 1. The SMILES string of the molecule is CN=C(NCC(c1ccccc1Cl)N1CCOCC1)N(C)Cc1cn(C)nc1C(C)C.I. The number of morpholine rings is 1. The normalized spacial score (nSPS) is 16.0. The first-order valence-corrected chi connectivity index (χ1v) is 11.3. The van der Waals surface area contributed by atoms with Gasteiger partial charge in [-0.25, -0.2) is 0 Å². The van der Waals surface area contributed by atoms with Gasteiger partial charge in [0.05, 0.1) is 24.9 Å². The number of ether oxygens (including phenoxy) is 1. The molecule has 0 aliphatic carbocycles. The first kappa shape index (κ1) is 26.9. The average Bonchev–Trinajstić information content (AvgIpc) is 3.13. The summed E-state index contributed by atoms with van der Waals surface area (Å²) in [7, 11) is 5.86. The molecule has 1 saturated heterocycles. The van der Waals surface area contributed by atoms with Crippen molar-refractivity contribution in [2.45, 2.75) is 32.4 Å². The van der Waals surface area contributed by atoms with Gasteiger partial charge in [0.25, 0.3) is 0 Å². The number of nitrogens with one attached hydrogen (secondary N) is 1. The zero-order valence-corrected chi connectivity index (χ0v) is 22.8. The molecule has 1 N–H and O–H groups in total. The van der Waals surface area contributed by atoms with Crippen LogP contribution in [0.15, 0.2) is 35.5 Å². The van der Waals surface area contributed by atoms with Crippen molar-refractivity contribution in [3.8, 4) is 0 Å². The number of guanidine groups is 1. The molecule has 0 amide bonds. The highest BCUT2D eigenvalue weighted by molar-refractivity contribution is 14.0. The maximum atomic E-state index is 6.57. The molecule has 1 aromatic heterocycles. The van der Waals surface area contributed by atoms with Gasteiger partial charge in [-0.05, 0) is 17.5 Å². The Morgan fingerprint density at radius 1 is 1.28 bits per heavy atom. The molecule has 178 valence electrons. The molecule has 3 rings (SSSR count). The highest BCUT2D eigenvalue weighted by atomic mass is 127.